The van der Waals surface area contributed by atoms with Crippen LogP contribution in [0, 0.1) is 17.2 Å². The topological polar surface area (TPSA) is 82.4 Å². The largest absolute Gasteiger partial charge is 0.506 e. The summed E-state index contributed by atoms with van der Waals surface area (Å²) in [6.45, 7) is 0. The van der Waals surface area contributed by atoms with Gasteiger partial charge in [0.15, 0.2) is 0 Å². The number of rotatable bonds is 2. The molecule has 2 heterocycles. The molecule has 1 aromatic rings. The van der Waals surface area contributed by atoms with E-state index in [2.05, 4.69) is 5.32 Å². The van der Waals surface area contributed by atoms with E-state index in [0.29, 0.717) is 5.56 Å². The molecule has 3 rings (SSSR count). The minimum absolute atomic E-state index is 0.00583. The summed E-state index contributed by atoms with van der Waals surface area (Å²) in [5.41, 5.74) is 0.684. The number of aromatic hydroxyl groups is 1. The van der Waals surface area contributed by atoms with Crippen LogP contribution in [0.15, 0.2) is 18.2 Å². The second-order valence-corrected chi connectivity index (χ2v) is 5.05. The molecule has 2 bridgehead atoms. The first-order chi connectivity index (χ1) is 9.17. The van der Waals surface area contributed by atoms with Gasteiger partial charge < -0.3 is 15.2 Å². The third kappa shape index (κ3) is 2.15. The lowest BCUT2D eigenvalue weighted by Gasteiger charge is -2.18. The average molecular weight is 258 g/mol. The molecule has 2 aliphatic heterocycles. The summed E-state index contributed by atoms with van der Waals surface area (Å²) in [6, 6.07) is 6.36. The van der Waals surface area contributed by atoms with Crippen molar-refractivity contribution in [3.8, 4) is 11.8 Å². The Labute approximate surface area is 110 Å². The number of benzene rings is 1. The van der Waals surface area contributed by atoms with E-state index in [1.54, 1.807) is 0 Å². The molecule has 98 valence electrons. The molecule has 0 unspecified atom stereocenters. The van der Waals surface area contributed by atoms with E-state index in [9.17, 15) is 9.90 Å². The fraction of sp³-hybridized carbons (Fsp3) is 0.429. The Balaban J connectivity index is 1.75. The molecule has 0 aromatic heterocycles. The van der Waals surface area contributed by atoms with E-state index in [1.165, 1.54) is 18.2 Å². The Morgan fingerprint density at radius 1 is 1.47 bits per heavy atom. The number of phenols is 1. The molecule has 5 heteroatoms. The zero-order valence-corrected chi connectivity index (χ0v) is 10.3. The number of ether oxygens (including phenoxy) is 1. The maximum atomic E-state index is 12.2. The lowest BCUT2D eigenvalue weighted by Crippen LogP contribution is -2.30. The first kappa shape index (κ1) is 12.0. The van der Waals surface area contributed by atoms with Crippen molar-refractivity contribution in [2.45, 2.75) is 31.5 Å². The number of hydrogen-bond acceptors (Lipinski definition) is 4. The van der Waals surface area contributed by atoms with Gasteiger partial charge in [0.1, 0.15) is 5.75 Å². The lowest BCUT2D eigenvalue weighted by atomic mass is 9.88. The second-order valence-electron chi connectivity index (χ2n) is 5.05. The zero-order valence-electron chi connectivity index (χ0n) is 10.3. The van der Waals surface area contributed by atoms with Gasteiger partial charge in [-0.2, -0.15) is 5.26 Å². The summed E-state index contributed by atoms with van der Waals surface area (Å²) in [6.07, 6.45) is 2.91. The molecule has 2 aliphatic rings. The molecule has 0 aliphatic carbocycles. The van der Waals surface area contributed by atoms with E-state index in [-0.39, 0.29) is 35.5 Å². The smallest absolute Gasteiger partial charge is 0.230 e. The van der Waals surface area contributed by atoms with Crippen molar-refractivity contribution in [2.24, 2.45) is 5.92 Å². The highest BCUT2D eigenvalue weighted by molar-refractivity contribution is 5.94. The van der Waals surface area contributed by atoms with Crippen molar-refractivity contribution < 1.29 is 14.6 Å². The molecule has 2 fully saturated rings. The summed E-state index contributed by atoms with van der Waals surface area (Å²) in [4.78, 5) is 12.2. The molecule has 19 heavy (non-hydrogen) atoms. The Morgan fingerprint density at radius 3 is 2.95 bits per heavy atom. The average Bonchev–Trinajstić information content (AvgIpc) is 3.03. The monoisotopic (exact) mass is 258 g/mol. The van der Waals surface area contributed by atoms with Crippen molar-refractivity contribution in [3.05, 3.63) is 23.8 Å². The molecule has 0 spiro atoms. The summed E-state index contributed by atoms with van der Waals surface area (Å²) in [5.74, 6) is -0.321. The van der Waals surface area contributed by atoms with Crippen LogP contribution >= 0.6 is 0 Å². The van der Waals surface area contributed by atoms with Gasteiger partial charge in [-0.25, -0.2) is 0 Å². The summed E-state index contributed by atoms with van der Waals surface area (Å²) < 4.78 is 5.64. The van der Waals surface area contributed by atoms with Crippen molar-refractivity contribution in [1.29, 1.82) is 5.26 Å². The Bertz CT molecular complexity index is 564. The fourth-order valence-corrected chi connectivity index (χ4v) is 2.84. The number of phenolic OH excluding ortho intramolecular Hbond substituents is 1. The Morgan fingerprint density at radius 2 is 2.32 bits per heavy atom. The minimum atomic E-state index is -0.149. The molecule has 3 atom stereocenters. The normalized spacial score (nSPS) is 28.1. The van der Waals surface area contributed by atoms with Gasteiger partial charge >= 0.3 is 0 Å². The van der Waals surface area contributed by atoms with Gasteiger partial charge in [0, 0.05) is 0 Å². The molecule has 1 amide bonds. The number of anilines is 1. The van der Waals surface area contributed by atoms with Crippen molar-refractivity contribution in [1.82, 2.24) is 0 Å². The van der Waals surface area contributed by atoms with Crippen molar-refractivity contribution >= 4 is 11.6 Å². The number of nitriles is 1. The third-order valence-corrected chi connectivity index (χ3v) is 3.83. The standard InChI is InChI=1S/C14H14N2O3/c15-7-8-1-3-12(17)11(5-8)16-14(18)10-6-9-2-4-13(10)19-9/h1,3,5,9-10,13,17H,2,4,6H2,(H,16,18)/t9-,10+,13-/m1/s1. The van der Waals surface area contributed by atoms with Crippen LogP contribution in [-0.2, 0) is 9.53 Å². The molecule has 5 nitrogen and oxygen atoms in total. The number of fused-ring (bicyclic) bond motifs is 2. The van der Waals surface area contributed by atoms with Gasteiger partial charge in [0.2, 0.25) is 5.91 Å². The van der Waals surface area contributed by atoms with Gasteiger partial charge in [0.25, 0.3) is 0 Å². The van der Waals surface area contributed by atoms with Crippen LogP contribution in [0.5, 0.6) is 5.75 Å². The van der Waals surface area contributed by atoms with Crippen LogP contribution in [0.2, 0.25) is 0 Å². The summed E-state index contributed by atoms with van der Waals surface area (Å²) in [7, 11) is 0. The molecule has 1 aromatic carbocycles. The van der Waals surface area contributed by atoms with E-state index in [0.717, 1.165) is 19.3 Å². The van der Waals surface area contributed by atoms with E-state index < -0.39 is 0 Å². The highest BCUT2D eigenvalue weighted by Gasteiger charge is 2.44. The predicted molar refractivity (Wildman–Crippen MR) is 67.5 cm³/mol. The van der Waals surface area contributed by atoms with E-state index in [4.69, 9.17) is 10.00 Å². The van der Waals surface area contributed by atoms with Gasteiger partial charge in [0.05, 0.1) is 35.4 Å². The van der Waals surface area contributed by atoms with Crippen LogP contribution < -0.4 is 5.32 Å². The van der Waals surface area contributed by atoms with Crippen LogP contribution in [0.25, 0.3) is 0 Å². The Hall–Kier alpha value is -2.06. The van der Waals surface area contributed by atoms with Crippen LogP contribution in [0.4, 0.5) is 5.69 Å². The number of carbonyl (C=O) groups is 1. The number of nitrogens with zero attached hydrogens (tertiary/aromatic N) is 1. The molecule has 0 radical (unpaired) electrons. The lowest BCUT2D eigenvalue weighted by molar-refractivity contribution is -0.121. The van der Waals surface area contributed by atoms with Crippen LogP contribution in [0.3, 0.4) is 0 Å². The summed E-state index contributed by atoms with van der Waals surface area (Å²) >= 11 is 0. The molecular formula is C14H14N2O3. The number of nitrogens with one attached hydrogen (secondary N) is 1. The minimum Gasteiger partial charge on any atom is -0.506 e. The van der Waals surface area contributed by atoms with Gasteiger partial charge in [-0.3, -0.25) is 4.79 Å². The number of carbonyl (C=O) groups excluding carboxylic acids is 1. The third-order valence-electron chi connectivity index (χ3n) is 3.83. The second kappa shape index (κ2) is 4.56. The first-order valence-electron chi connectivity index (χ1n) is 6.37. The molecular weight excluding hydrogens is 244 g/mol. The molecule has 0 saturated carbocycles. The first-order valence-corrected chi connectivity index (χ1v) is 6.37. The van der Waals surface area contributed by atoms with Gasteiger partial charge in [-0.15, -0.1) is 0 Å². The molecule has 2 N–H and O–H groups in total. The maximum absolute atomic E-state index is 12.2. The highest BCUT2D eigenvalue weighted by atomic mass is 16.5. The van der Waals surface area contributed by atoms with E-state index >= 15 is 0 Å². The van der Waals surface area contributed by atoms with Crippen molar-refractivity contribution in [2.75, 3.05) is 5.32 Å². The van der Waals surface area contributed by atoms with E-state index in [1.807, 2.05) is 6.07 Å². The fourth-order valence-electron chi connectivity index (χ4n) is 2.84. The Kier molecular flexibility index (Phi) is 2.88. The maximum Gasteiger partial charge on any atom is 0.230 e. The van der Waals surface area contributed by atoms with Crippen LogP contribution in [-0.4, -0.2) is 23.2 Å². The van der Waals surface area contributed by atoms with Crippen molar-refractivity contribution in [3.63, 3.8) is 0 Å². The predicted octanol–water partition coefficient (Wildman–Crippen LogP) is 1.77. The van der Waals surface area contributed by atoms with Crippen LogP contribution in [0.1, 0.15) is 24.8 Å². The number of hydrogen-bond donors (Lipinski definition) is 2. The quantitative estimate of drug-likeness (QED) is 0.792. The highest BCUT2D eigenvalue weighted by Crippen LogP contribution is 2.39. The summed E-state index contributed by atoms with van der Waals surface area (Å²) in [5, 5.41) is 21.2. The molecule has 2 saturated heterocycles. The zero-order chi connectivity index (χ0) is 13.4. The van der Waals surface area contributed by atoms with Gasteiger partial charge in [-0.1, -0.05) is 0 Å². The SMILES string of the molecule is N#Cc1ccc(O)c(NC(=O)[C@H]2C[C@H]3CC[C@H]2O3)c1. The number of amides is 1. The van der Waals surface area contributed by atoms with Gasteiger partial charge in [-0.05, 0) is 37.5 Å².